The molecule has 4 heteroatoms. The Morgan fingerprint density at radius 2 is 2.09 bits per heavy atom. The Hall–Kier alpha value is -1.45. The van der Waals surface area contributed by atoms with Crippen LogP contribution in [0.2, 0.25) is 0 Å². The van der Waals surface area contributed by atoms with Crippen LogP contribution >= 0.6 is 0 Å². The van der Waals surface area contributed by atoms with Crippen molar-refractivity contribution < 1.29 is 9.53 Å². The summed E-state index contributed by atoms with van der Waals surface area (Å²) in [5.41, 5.74) is 0. The number of carbonyl (C=O) groups excluding carboxylic acids is 1. The fraction of sp³-hybridized carbons (Fsp3) is 0.286. The lowest BCUT2D eigenvalue weighted by Crippen LogP contribution is -1.80. The highest BCUT2D eigenvalue weighted by atomic mass is 16.5. The van der Waals surface area contributed by atoms with Gasteiger partial charge >= 0.3 is 0 Å². The van der Waals surface area contributed by atoms with Crippen molar-refractivity contribution in [2.24, 2.45) is 0 Å². The van der Waals surface area contributed by atoms with E-state index in [1.54, 1.807) is 25.4 Å². The van der Waals surface area contributed by atoms with Crippen LogP contribution in [0.15, 0.2) is 24.8 Å². The molecular weight excluding hydrogens is 144 g/mol. The summed E-state index contributed by atoms with van der Waals surface area (Å²) in [7, 11) is 0. The standard InChI is InChI=1S/C4H4N2.C3H6O2/c1-2-5-4-6-3-1;1-2-5-3-4/h1-4H;3H,2H2,1H3. The lowest BCUT2D eigenvalue weighted by molar-refractivity contribution is -0.128. The Morgan fingerprint density at radius 1 is 1.45 bits per heavy atom. The molecule has 0 saturated heterocycles. The fourth-order valence-corrected chi connectivity index (χ4v) is 0.321. The van der Waals surface area contributed by atoms with Crippen molar-refractivity contribution >= 4 is 6.47 Å². The Labute approximate surface area is 65.2 Å². The molecular formula is C7H10N2O2. The Bertz CT molecular complexity index is 141. The van der Waals surface area contributed by atoms with Crippen molar-refractivity contribution in [2.45, 2.75) is 6.92 Å². The zero-order valence-electron chi connectivity index (χ0n) is 6.30. The zero-order chi connectivity index (χ0) is 8.36. The molecule has 1 aromatic rings. The van der Waals surface area contributed by atoms with Crippen molar-refractivity contribution in [3.63, 3.8) is 0 Å². The molecule has 0 fully saturated rings. The molecule has 0 N–H and O–H groups in total. The number of nitrogens with zero attached hydrogens (tertiary/aromatic N) is 2. The topological polar surface area (TPSA) is 52.1 Å². The van der Waals surface area contributed by atoms with Crippen LogP contribution in [-0.2, 0) is 9.53 Å². The van der Waals surface area contributed by atoms with Crippen LogP contribution < -0.4 is 0 Å². The summed E-state index contributed by atoms with van der Waals surface area (Å²) in [5.74, 6) is 0. The molecule has 1 aromatic heterocycles. The predicted molar refractivity (Wildman–Crippen MR) is 39.7 cm³/mol. The molecule has 0 aliphatic rings. The van der Waals surface area contributed by atoms with E-state index in [1.807, 2.05) is 0 Å². The molecule has 0 radical (unpaired) electrons. The van der Waals surface area contributed by atoms with E-state index in [4.69, 9.17) is 0 Å². The summed E-state index contributed by atoms with van der Waals surface area (Å²) in [6.45, 7) is 2.66. The Morgan fingerprint density at radius 3 is 2.18 bits per heavy atom. The molecule has 0 unspecified atom stereocenters. The maximum Gasteiger partial charge on any atom is 0.293 e. The van der Waals surface area contributed by atoms with Crippen molar-refractivity contribution in [2.75, 3.05) is 6.61 Å². The third-order valence-corrected chi connectivity index (χ3v) is 0.712. The van der Waals surface area contributed by atoms with E-state index in [1.165, 1.54) is 6.33 Å². The molecule has 0 saturated carbocycles. The highest BCUT2D eigenvalue weighted by molar-refractivity contribution is 5.36. The molecule has 11 heavy (non-hydrogen) atoms. The molecule has 0 spiro atoms. The van der Waals surface area contributed by atoms with E-state index in [0.29, 0.717) is 13.1 Å². The van der Waals surface area contributed by atoms with Gasteiger partial charge in [0, 0.05) is 12.4 Å². The van der Waals surface area contributed by atoms with Gasteiger partial charge in [0.25, 0.3) is 6.47 Å². The highest BCUT2D eigenvalue weighted by Crippen LogP contribution is 1.66. The van der Waals surface area contributed by atoms with Gasteiger partial charge in [-0.05, 0) is 13.0 Å². The van der Waals surface area contributed by atoms with Crippen LogP contribution in [0.4, 0.5) is 0 Å². The second kappa shape index (κ2) is 8.55. The predicted octanol–water partition coefficient (Wildman–Crippen LogP) is 0.656. The third kappa shape index (κ3) is 8.55. The smallest absolute Gasteiger partial charge is 0.293 e. The van der Waals surface area contributed by atoms with Crippen LogP contribution in [-0.4, -0.2) is 23.0 Å². The lowest BCUT2D eigenvalue weighted by Gasteiger charge is -1.79. The van der Waals surface area contributed by atoms with Gasteiger partial charge in [-0.3, -0.25) is 4.79 Å². The van der Waals surface area contributed by atoms with E-state index in [2.05, 4.69) is 14.7 Å². The first-order valence-corrected chi connectivity index (χ1v) is 3.17. The molecule has 0 aliphatic carbocycles. The molecule has 0 aliphatic heterocycles. The molecule has 0 atom stereocenters. The minimum Gasteiger partial charge on any atom is -0.468 e. The fourth-order valence-electron chi connectivity index (χ4n) is 0.321. The number of ether oxygens (including phenoxy) is 1. The second-order valence-corrected chi connectivity index (χ2v) is 1.46. The van der Waals surface area contributed by atoms with Crippen molar-refractivity contribution in [1.29, 1.82) is 0 Å². The molecule has 1 rings (SSSR count). The van der Waals surface area contributed by atoms with Crippen LogP contribution in [0.25, 0.3) is 0 Å². The minimum absolute atomic E-state index is 0.431. The molecule has 0 amide bonds. The van der Waals surface area contributed by atoms with E-state index >= 15 is 0 Å². The number of carbonyl (C=O) groups is 1. The van der Waals surface area contributed by atoms with Gasteiger partial charge in [0.1, 0.15) is 6.33 Å². The third-order valence-electron chi connectivity index (χ3n) is 0.712. The Balaban J connectivity index is 0.000000187. The summed E-state index contributed by atoms with van der Waals surface area (Å²) in [6, 6.07) is 1.78. The normalized spacial score (nSPS) is 7.36. The number of rotatable bonds is 2. The molecule has 4 nitrogen and oxygen atoms in total. The first-order chi connectivity index (χ1) is 5.41. The van der Waals surface area contributed by atoms with Crippen molar-refractivity contribution in [1.82, 2.24) is 9.97 Å². The van der Waals surface area contributed by atoms with Crippen molar-refractivity contribution in [3.8, 4) is 0 Å². The van der Waals surface area contributed by atoms with Gasteiger partial charge in [0.2, 0.25) is 0 Å². The number of hydrogen-bond donors (Lipinski definition) is 0. The van der Waals surface area contributed by atoms with E-state index < -0.39 is 0 Å². The quantitative estimate of drug-likeness (QED) is 0.587. The maximum atomic E-state index is 9.18. The van der Waals surface area contributed by atoms with Gasteiger partial charge in [-0.15, -0.1) is 0 Å². The van der Waals surface area contributed by atoms with Gasteiger partial charge in [-0.1, -0.05) is 0 Å². The number of aromatic nitrogens is 2. The average molecular weight is 154 g/mol. The SMILES string of the molecule is CCOC=O.c1cncnc1. The monoisotopic (exact) mass is 154 g/mol. The highest BCUT2D eigenvalue weighted by Gasteiger charge is 1.61. The first-order valence-electron chi connectivity index (χ1n) is 3.17. The summed E-state index contributed by atoms with van der Waals surface area (Å²) >= 11 is 0. The average Bonchev–Trinajstić information content (AvgIpc) is 2.10. The van der Waals surface area contributed by atoms with Crippen LogP contribution in [0.1, 0.15) is 6.92 Å². The van der Waals surface area contributed by atoms with Crippen LogP contribution in [0.3, 0.4) is 0 Å². The molecule has 1 heterocycles. The molecule has 0 bridgehead atoms. The van der Waals surface area contributed by atoms with Crippen LogP contribution in [0, 0.1) is 0 Å². The van der Waals surface area contributed by atoms with E-state index in [-0.39, 0.29) is 0 Å². The van der Waals surface area contributed by atoms with E-state index in [9.17, 15) is 4.79 Å². The van der Waals surface area contributed by atoms with Gasteiger partial charge < -0.3 is 4.74 Å². The van der Waals surface area contributed by atoms with Gasteiger partial charge in [0.15, 0.2) is 0 Å². The molecule has 60 valence electrons. The summed E-state index contributed by atoms with van der Waals surface area (Å²) in [5, 5.41) is 0. The van der Waals surface area contributed by atoms with E-state index in [0.717, 1.165) is 0 Å². The molecule has 0 aromatic carbocycles. The van der Waals surface area contributed by atoms with Crippen molar-refractivity contribution in [3.05, 3.63) is 24.8 Å². The summed E-state index contributed by atoms with van der Waals surface area (Å²) in [4.78, 5) is 16.5. The zero-order valence-corrected chi connectivity index (χ0v) is 6.30. The van der Waals surface area contributed by atoms with Gasteiger partial charge in [-0.25, -0.2) is 9.97 Å². The first kappa shape index (κ1) is 9.55. The van der Waals surface area contributed by atoms with Gasteiger partial charge in [0.05, 0.1) is 6.61 Å². The second-order valence-electron chi connectivity index (χ2n) is 1.46. The summed E-state index contributed by atoms with van der Waals surface area (Å²) in [6.07, 6.45) is 4.88. The Kier molecular flexibility index (Phi) is 7.42. The maximum absolute atomic E-state index is 9.18. The summed E-state index contributed by atoms with van der Waals surface area (Å²) < 4.78 is 4.15. The minimum atomic E-state index is 0.431. The van der Waals surface area contributed by atoms with Crippen LogP contribution in [0.5, 0.6) is 0 Å². The lowest BCUT2D eigenvalue weighted by atomic mass is 10.7. The largest absolute Gasteiger partial charge is 0.468 e. The van der Waals surface area contributed by atoms with Gasteiger partial charge in [-0.2, -0.15) is 0 Å². The number of hydrogen-bond acceptors (Lipinski definition) is 4.